The van der Waals surface area contributed by atoms with Gasteiger partial charge in [0.2, 0.25) is 0 Å². The number of aromatic nitrogens is 1. The van der Waals surface area contributed by atoms with Crippen LogP contribution in [0.15, 0.2) is 41.4 Å². The molecule has 2 atom stereocenters. The fourth-order valence-corrected chi connectivity index (χ4v) is 5.38. The van der Waals surface area contributed by atoms with Gasteiger partial charge in [0, 0.05) is 37.1 Å². The standard InChI is InChI=1S/C34H42F2N4/c1-22(13-14-37)9-12-29-19-34(40(27(29)6)20-28-10-11-28)25(4)38-33-18-31(17-30(24(33)3)16-23(2)35)26(5)39-15-7-8-32(36)21-39/h9,12,17-19,23,28,32H,5-8,10-11,13,15-16,20-21H2,1-4H3/b22-9+,29-12-,38-25?. The molecule has 2 unspecified atom stereocenters. The first-order chi connectivity index (χ1) is 19.1. The van der Waals surface area contributed by atoms with Gasteiger partial charge in [-0.05, 0) is 99.4 Å². The number of nitriles is 1. The van der Waals surface area contributed by atoms with E-state index in [-0.39, 0.29) is 6.42 Å². The summed E-state index contributed by atoms with van der Waals surface area (Å²) in [6.07, 6.45) is 6.65. The highest BCUT2D eigenvalue weighted by Crippen LogP contribution is 2.33. The van der Waals surface area contributed by atoms with Gasteiger partial charge in [0.05, 0.1) is 29.6 Å². The van der Waals surface area contributed by atoms with E-state index in [1.54, 1.807) is 6.92 Å². The summed E-state index contributed by atoms with van der Waals surface area (Å²) in [5, 5.41) is 11.0. The number of rotatable bonds is 10. The third-order valence-corrected chi connectivity index (χ3v) is 8.01. The van der Waals surface area contributed by atoms with Crippen molar-refractivity contribution in [1.29, 1.82) is 5.26 Å². The van der Waals surface area contributed by atoms with Crippen molar-refractivity contribution in [1.82, 2.24) is 9.47 Å². The maximum absolute atomic E-state index is 14.2. The van der Waals surface area contributed by atoms with E-state index in [0.717, 1.165) is 75.1 Å². The minimum Gasteiger partial charge on any atom is -0.369 e. The average molecular weight is 545 g/mol. The molecule has 0 N–H and O–H groups in total. The van der Waals surface area contributed by atoms with E-state index in [0.29, 0.717) is 25.3 Å². The minimum absolute atomic E-state index is 0.287. The molecule has 0 spiro atoms. The molecular formula is C34H42F2N4. The molecule has 2 heterocycles. The average Bonchev–Trinajstić information content (AvgIpc) is 3.67. The van der Waals surface area contributed by atoms with Crippen molar-refractivity contribution >= 4 is 29.8 Å². The number of allylic oxidation sites excluding steroid dienone is 2. The van der Waals surface area contributed by atoms with Crippen molar-refractivity contribution in [3.63, 3.8) is 0 Å². The SMILES string of the molecule is C=C(c1cc(CC(C)F)c(C)c(N=C(C)c2c/c(=C/C=C(\C)CC#N)c(=C)n2CC2CC2)c1)N1CCCC(F)C1. The van der Waals surface area contributed by atoms with Crippen LogP contribution in [0.2, 0.25) is 0 Å². The molecule has 0 radical (unpaired) electrons. The smallest absolute Gasteiger partial charge is 0.118 e. The fourth-order valence-electron chi connectivity index (χ4n) is 5.38. The maximum atomic E-state index is 14.2. The highest BCUT2D eigenvalue weighted by Gasteiger charge is 2.24. The molecule has 40 heavy (non-hydrogen) atoms. The summed E-state index contributed by atoms with van der Waals surface area (Å²) >= 11 is 0. The van der Waals surface area contributed by atoms with Crippen molar-refractivity contribution in [2.24, 2.45) is 10.9 Å². The molecule has 1 saturated heterocycles. The number of benzene rings is 1. The quantitative estimate of drug-likeness (QED) is 0.312. The Bertz CT molecular complexity index is 1470. The van der Waals surface area contributed by atoms with Gasteiger partial charge in [0.1, 0.15) is 12.3 Å². The van der Waals surface area contributed by atoms with Crippen LogP contribution in [-0.4, -0.2) is 40.6 Å². The number of hydrogen-bond acceptors (Lipinski definition) is 3. The molecule has 1 aliphatic heterocycles. The Balaban J connectivity index is 1.78. The van der Waals surface area contributed by atoms with Gasteiger partial charge in [0.15, 0.2) is 0 Å². The minimum atomic E-state index is -0.995. The van der Waals surface area contributed by atoms with Crippen molar-refractivity contribution in [2.75, 3.05) is 13.1 Å². The van der Waals surface area contributed by atoms with Gasteiger partial charge in [-0.1, -0.05) is 30.9 Å². The second-order valence-corrected chi connectivity index (χ2v) is 11.6. The van der Waals surface area contributed by atoms with Crippen LogP contribution in [0.1, 0.15) is 75.3 Å². The highest BCUT2D eigenvalue weighted by atomic mass is 19.1. The van der Waals surface area contributed by atoms with Crippen LogP contribution in [0.3, 0.4) is 0 Å². The zero-order valence-electron chi connectivity index (χ0n) is 24.4. The first kappa shape index (κ1) is 29.5. The molecule has 1 aliphatic carbocycles. The first-order valence-electron chi connectivity index (χ1n) is 14.4. The van der Waals surface area contributed by atoms with Crippen LogP contribution in [0.4, 0.5) is 14.5 Å². The fraction of sp³-hybridized carbons (Fsp3) is 0.471. The first-order valence-corrected chi connectivity index (χ1v) is 14.4. The Kier molecular flexibility index (Phi) is 9.45. The van der Waals surface area contributed by atoms with Crippen LogP contribution in [0, 0.1) is 24.2 Å². The predicted molar refractivity (Wildman–Crippen MR) is 162 cm³/mol. The van der Waals surface area contributed by atoms with Crippen LogP contribution in [0.25, 0.3) is 18.4 Å². The lowest BCUT2D eigenvalue weighted by atomic mass is 9.96. The Morgan fingerprint density at radius 3 is 2.65 bits per heavy atom. The van der Waals surface area contributed by atoms with Gasteiger partial charge in [0.25, 0.3) is 0 Å². The molecule has 1 saturated carbocycles. The second-order valence-electron chi connectivity index (χ2n) is 11.6. The number of hydrogen-bond donors (Lipinski definition) is 0. The Morgan fingerprint density at radius 1 is 1.25 bits per heavy atom. The van der Waals surface area contributed by atoms with Crippen LogP contribution in [0.5, 0.6) is 0 Å². The molecular weight excluding hydrogens is 502 g/mol. The summed E-state index contributed by atoms with van der Waals surface area (Å²) in [5.41, 5.74) is 7.11. The molecule has 1 aromatic heterocycles. The van der Waals surface area contributed by atoms with Crippen molar-refractivity contribution in [3.05, 3.63) is 69.4 Å². The van der Waals surface area contributed by atoms with E-state index in [2.05, 4.69) is 29.9 Å². The van der Waals surface area contributed by atoms with Gasteiger partial charge in [-0.2, -0.15) is 5.26 Å². The zero-order valence-corrected chi connectivity index (χ0v) is 24.4. The van der Waals surface area contributed by atoms with Crippen molar-refractivity contribution in [3.8, 4) is 6.07 Å². The maximum Gasteiger partial charge on any atom is 0.118 e. The third kappa shape index (κ3) is 7.18. The molecule has 1 aromatic carbocycles. The van der Waals surface area contributed by atoms with E-state index in [9.17, 15) is 8.78 Å². The molecule has 2 aromatic rings. The largest absolute Gasteiger partial charge is 0.369 e. The summed E-state index contributed by atoms with van der Waals surface area (Å²) in [4.78, 5) is 7.11. The van der Waals surface area contributed by atoms with Gasteiger partial charge in [-0.15, -0.1) is 0 Å². The Morgan fingerprint density at radius 2 is 2.00 bits per heavy atom. The normalized spacial score (nSPS) is 19.6. The molecule has 6 heteroatoms. The summed E-state index contributed by atoms with van der Waals surface area (Å²) in [7, 11) is 0. The highest BCUT2D eigenvalue weighted by molar-refractivity contribution is 5.99. The third-order valence-electron chi connectivity index (χ3n) is 8.01. The van der Waals surface area contributed by atoms with Crippen LogP contribution in [-0.2, 0) is 13.0 Å². The van der Waals surface area contributed by atoms with Crippen LogP contribution < -0.4 is 10.6 Å². The summed E-state index contributed by atoms with van der Waals surface area (Å²) in [6.45, 7) is 18.2. The van der Waals surface area contributed by atoms with Gasteiger partial charge < -0.3 is 9.47 Å². The zero-order chi connectivity index (χ0) is 29.0. The van der Waals surface area contributed by atoms with Gasteiger partial charge in [-0.25, -0.2) is 8.78 Å². The molecule has 0 amide bonds. The lowest BCUT2D eigenvalue weighted by Gasteiger charge is -2.33. The lowest BCUT2D eigenvalue weighted by Crippen LogP contribution is -2.34. The van der Waals surface area contributed by atoms with E-state index in [1.165, 1.54) is 12.8 Å². The number of likely N-dealkylation sites (tertiary alicyclic amines) is 1. The summed E-state index contributed by atoms with van der Waals surface area (Å²) in [6, 6.07) is 8.32. The Hall–Kier alpha value is -3.46. The molecule has 2 fully saturated rings. The van der Waals surface area contributed by atoms with E-state index < -0.39 is 12.3 Å². The van der Waals surface area contributed by atoms with E-state index in [4.69, 9.17) is 10.3 Å². The van der Waals surface area contributed by atoms with Gasteiger partial charge in [-0.3, -0.25) is 4.99 Å². The lowest BCUT2D eigenvalue weighted by molar-refractivity contribution is 0.188. The van der Waals surface area contributed by atoms with Crippen molar-refractivity contribution < 1.29 is 8.78 Å². The number of halogens is 2. The topological polar surface area (TPSA) is 44.3 Å². The number of alkyl halides is 2. The number of aliphatic imine (C=N–C) groups is 1. The van der Waals surface area contributed by atoms with Crippen LogP contribution >= 0.6 is 0 Å². The molecule has 2 aliphatic rings. The summed E-state index contributed by atoms with van der Waals surface area (Å²) in [5.74, 6) is 0.651. The van der Waals surface area contributed by atoms with Gasteiger partial charge >= 0.3 is 0 Å². The van der Waals surface area contributed by atoms with Crippen molar-refractivity contribution in [2.45, 2.75) is 85.1 Å². The molecule has 0 bridgehead atoms. The molecule has 4 rings (SSSR count). The predicted octanol–water partition coefficient (Wildman–Crippen LogP) is 6.70. The van der Waals surface area contributed by atoms with E-state index in [1.807, 2.05) is 50.0 Å². The monoisotopic (exact) mass is 544 g/mol. The number of piperidine rings is 1. The number of nitrogens with zero attached hydrogens (tertiary/aromatic N) is 4. The Labute approximate surface area is 237 Å². The summed E-state index contributed by atoms with van der Waals surface area (Å²) < 4.78 is 30.7. The molecule has 4 nitrogen and oxygen atoms in total. The second kappa shape index (κ2) is 12.8. The van der Waals surface area contributed by atoms with E-state index >= 15 is 0 Å². The molecule has 212 valence electrons.